The minimum atomic E-state index is 0.108. The maximum atomic E-state index is 11.6. The van der Waals surface area contributed by atoms with Crippen LogP contribution in [0.15, 0.2) is 29.9 Å². The molecule has 0 saturated heterocycles. The molecule has 2 aromatic rings. The maximum absolute atomic E-state index is 11.6. The molecule has 2 aromatic heterocycles. The van der Waals surface area contributed by atoms with Crippen molar-refractivity contribution in [3.05, 3.63) is 34.9 Å². The van der Waals surface area contributed by atoms with E-state index >= 15 is 0 Å². The van der Waals surface area contributed by atoms with Crippen LogP contribution in [0.5, 0.6) is 0 Å². The van der Waals surface area contributed by atoms with E-state index in [0.29, 0.717) is 12.8 Å². The van der Waals surface area contributed by atoms with E-state index in [1.165, 1.54) is 0 Å². The Morgan fingerprint density at radius 2 is 2.35 bits per heavy atom. The summed E-state index contributed by atoms with van der Waals surface area (Å²) in [6.45, 7) is 2.88. The summed E-state index contributed by atoms with van der Waals surface area (Å²) in [5.74, 6) is 0.108. The minimum absolute atomic E-state index is 0.108. The molecular formula is C15H19N3OS. The van der Waals surface area contributed by atoms with Gasteiger partial charge in [0.25, 0.3) is 0 Å². The van der Waals surface area contributed by atoms with Crippen molar-refractivity contribution >= 4 is 17.2 Å². The number of aryl methyl sites for hydroxylation is 1. The molecule has 1 N–H and O–H groups in total. The number of nitrogens with one attached hydrogen (secondary N) is 1. The molecule has 2 heterocycles. The van der Waals surface area contributed by atoms with E-state index in [0.717, 1.165) is 35.7 Å². The second-order valence-electron chi connectivity index (χ2n) is 4.57. The van der Waals surface area contributed by atoms with Crippen molar-refractivity contribution in [2.45, 2.75) is 32.6 Å². The van der Waals surface area contributed by atoms with Gasteiger partial charge in [0.05, 0.1) is 10.7 Å². The van der Waals surface area contributed by atoms with Crippen molar-refractivity contribution in [2.75, 3.05) is 6.54 Å². The predicted molar refractivity (Wildman–Crippen MR) is 81.6 cm³/mol. The van der Waals surface area contributed by atoms with Crippen LogP contribution in [0.3, 0.4) is 0 Å². The number of carbonyl (C=O) groups excluding carboxylic acids is 1. The van der Waals surface area contributed by atoms with E-state index in [9.17, 15) is 4.79 Å². The van der Waals surface area contributed by atoms with E-state index in [1.807, 2.05) is 17.5 Å². The highest BCUT2D eigenvalue weighted by atomic mass is 32.1. The molecule has 4 nitrogen and oxygen atoms in total. The number of hydrogen-bond donors (Lipinski definition) is 1. The first kappa shape index (κ1) is 14.7. The van der Waals surface area contributed by atoms with Gasteiger partial charge in [0, 0.05) is 42.7 Å². The SMILES string of the molecule is CCCCNC(=O)CCc1nc(-c2cccnc2)cs1. The monoisotopic (exact) mass is 289 g/mol. The van der Waals surface area contributed by atoms with Crippen LogP contribution in [0.4, 0.5) is 0 Å². The second kappa shape index (κ2) is 7.75. The zero-order chi connectivity index (χ0) is 14.2. The normalized spacial score (nSPS) is 10.4. The Kier molecular flexibility index (Phi) is 5.68. The standard InChI is InChI=1S/C15H19N3OS/c1-2-3-9-17-14(19)6-7-15-18-13(11-20-15)12-5-4-8-16-10-12/h4-5,8,10-11H,2-3,6-7,9H2,1H3,(H,17,19). The van der Waals surface area contributed by atoms with Crippen molar-refractivity contribution in [2.24, 2.45) is 0 Å². The van der Waals surface area contributed by atoms with Crippen molar-refractivity contribution < 1.29 is 4.79 Å². The molecule has 20 heavy (non-hydrogen) atoms. The zero-order valence-electron chi connectivity index (χ0n) is 11.6. The van der Waals surface area contributed by atoms with Crippen LogP contribution in [-0.2, 0) is 11.2 Å². The first-order valence-electron chi connectivity index (χ1n) is 6.91. The summed E-state index contributed by atoms with van der Waals surface area (Å²) < 4.78 is 0. The summed E-state index contributed by atoms with van der Waals surface area (Å²) in [7, 11) is 0. The average molecular weight is 289 g/mol. The van der Waals surface area contributed by atoms with Crippen molar-refractivity contribution in [1.82, 2.24) is 15.3 Å². The number of pyridine rings is 1. The lowest BCUT2D eigenvalue weighted by Gasteiger charge is -2.02. The number of amides is 1. The first-order chi connectivity index (χ1) is 9.79. The number of thiazole rings is 1. The third-order valence-corrected chi connectivity index (χ3v) is 3.84. The highest BCUT2D eigenvalue weighted by Crippen LogP contribution is 2.21. The van der Waals surface area contributed by atoms with Crippen molar-refractivity contribution in [3.8, 4) is 11.3 Å². The van der Waals surface area contributed by atoms with Crippen LogP contribution < -0.4 is 5.32 Å². The third kappa shape index (κ3) is 4.42. The van der Waals surface area contributed by atoms with Gasteiger partial charge in [0.1, 0.15) is 0 Å². The summed E-state index contributed by atoms with van der Waals surface area (Å²) in [5, 5.41) is 5.93. The molecule has 106 valence electrons. The van der Waals surface area contributed by atoms with Crippen molar-refractivity contribution in [1.29, 1.82) is 0 Å². The van der Waals surface area contributed by atoms with Gasteiger partial charge in [-0.3, -0.25) is 9.78 Å². The number of rotatable bonds is 7. The molecule has 0 aliphatic heterocycles. The minimum Gasteiger partial charge on any atom is -0.356 e. The quantitative estimate of drug-likeness (QED) is 0.797. The largest absolute Gasteiger partial charge is 0.356 e. The molecular weight excluding hydrogens is 270 g/mol. The van der Waals surface area contributed by atoms with E-state index in [1.54, 1.807) is 23.7 Å². The average Bonchev–Trinajstić information content (AvgIpc) is 2.95. The van der Waals surface area contributed by atoms with Gasteiger partial charge >= 0.3 is 0 Å². The fraction of sp³-hybridized carbons (Fsp3) is 0.400. The van der Waals surface area contributed by atoms with Gasteiger partial charge in [-0.15, -0.1) is 11.3 Å². The van der Waals surface area contributed by atoms with Crippen LogP contribution >= 0.6 is 11.3 Å². The molecule has 0 aliphatic rings. The summed E-state index contributed by atoms with van der Waals surface area (Å²) in [6.07, 6.45) is 6.88. The summed E-state index contributed by atoms with van der Waals surface area (Å²) >= 11 is 1.60. The van der Waals surface area contributed by atoms with Crippen LogP contribution in [-0.4, -0.2) is 22.4 Å². The number of unbranched alkanes of at least 4 members (excludes halogenated alkanes) is 1. The predicted octanol–water partition coefficient (Wildman–Crippen LogP) is 3.05. The summed E-state index contributed by atoms with van der Waals surface area (Å²) in [4.78, 5) is 20.3. The zero-order valence-corrected chi connectivity index (χ0v) is 12.4. The molecule has 1 amide bonds. The molecule has 2 rings (SSSR count). The van der Waals surface area contributed by atoms with Crippen LogP contribution in [0, 0.1) is 0 Å². The molecule has 0 aliphatic carbocycles. The fourth-order valence-corrected chi connectivity index (χ4v) is 2.59. The summed E-state index contributed by atoms with van der Waals surface area (Å²) in [5.41, 5.74) is 1.95. The molecule has 0 spiro atoms. The maximum Gasteiger partial charge on any atom is 0.220 e. The second-order valence-corrected chi connectivity index (χ2v) is 5.51. The van der Waals surface area contributed by atoms with E-state index in [2.05, 4.69) is 22.2 Å². The number of carbonyl (C=O) groups is 1. The Bertz CT molecular complexity index is 539. The number of aromatic nitrogens is 2. The third-order valence-electron chi connectivity index (χ3n) is 2.93. The Morgan fingerprint density at radius 3 is 3.10 bits per heavy atom. The van der Waals surface area contributed by atoms with Crippen LogP contribution in [0.2, 0.25) is 0 Å². The van der Waals surface area contributed by atoms with Gasteiger partial charge in [0.2, 0.25) is 5.91 Å². The number of nitrogens with zero attached hydrogens (tertiary/aromatic N) is 2. The van der Waals surface area contributed by atoms with Gasteiger partial charge in [-0.1, -0.05) is 13.3 Å². The highest BCUT2D eigenvalue weighted by molar-refractivity contribution is 7.09. The van der Waals surface area contributed by atoms with E-state index in [-0.39, 0.29) is 5.91 Å². The van der Waals surface area contributed by atoms with Gasteiger partial charge < -0.3 is 5.32 Å². The Morgan fingerprint density at radius 1 is 1.45 bits per heavy atom. The molecule has 0 bridgehead atoms. The molecule has 0 aromatic carbocycles. The topological polar surface area (TPSA) is 54.9 Å². The number of hydrogen-bond acceptors (Lipinski definition) is 4. The Labute approximate surface area is 123 Å². The van der Waals surface area contributed by atoms with Gasteiger partial charge in [-0.2, -0.15) is 0 Å². The lowest BCUT2D eigenvalue weighted by molar-refractivity contribution is -0.121. The van der Waals surface area contributed by atoms with E-state index in [4.69, 9.17) is 0 Å². The van der Waals surface area contributed by atoms with Crippen molar-refractivity contribution in [3.63, 3.8) is 0 Å². The Balaban J connectivity index is 1.83. The van der Waals surface area contributed by atoms with E-state index < -0.39 is 0 Å². The fourth-order valence-electron chi connectivity index (χ4n) is 1.79. The van der Waals surface area contributed by atoms with Gasteiger partial charge in [-0.05, 0) is 18.6 Å². The van der Waals surface area contributed by atoms with Gasteiger partial charge in [-0.25, -0.2) is 4.98 Å². The molecule has 5 heteroatoms. The van der Waals surface area contributed by atoms with Crippen LogP contribution in [0.1, 0.15) is 31.2 Å². The molecule has 0 atom stereocenters. The molecule has 0 fully saturated rings. The lowest BCUT2D eigenvalue weighted by Crippen LogP contribution is -2.24. The molecule has 0 saturated carbocycles. The highest BCUT2D eigenvalue weighted by Gasteiger charge is 2.07. The molecule has 0 unspecified atom stereocenters. The first-order valence-corrected chi connectivity index (χ1v) is 7.79. The Hall–Kier alpha value is -1.75. The lowest BCUT2D eigenvalue weighted by atomic mass is 10.2. The van der Waals surface area contributed by atoms with Crippen LogP contribution in [0.25, 0.3) is 11.3 Å². The van der Waals surface area contributed by atoms with Gasteiger partial charge in [0.15, 0.2) is 0 Å². The summed E-state index contributed by atoms with van der Waals surface area (Å²) in [6, 6.07) is 3.89. The molecule has 0 radical (unpaired) electrons. The smallest absolute Gasteiger partial charge is 0.220 e.